The number of carbonyl (C=O) groups is 1. The topological polar surface area (TPSA) is 63.5 Å². The normalized spacial score (nSPS) is 12.7. The van der Waals surface area contributed by atoms with E-state index in [9.17, 15) is 4.79 Å². The molecule has 0 radical (unpaired) electrons. The van der Waals surface area contributed by atoms with E-state index in [0.29, 0.717) is 23.6 Å². The number of nitrogens with one attached hydrogen (secondary N) is 2. The standard InChI is InChI=1S/C22H22N2O3/c1-14-20(10-21(27-14)16-5-7-19(26-2)8-6-16)22(25)24-11-15-3-4-17-12-23-13-18(17)9-15/h3-10,23H,11-13H2,1-2H3,(H,24,25). The average Bonchev–Trinajstić information content (AvgIpc) is 3.32. The Bertz CT molecular complexity index is 974. The highest BCUT2D eigenvalue weighted by Gasteiger charge is 2.16. The third kappa shape index (κ3) is 3.59. The Labute approximate surface area is 158 Å². The van der Waals surface area contributed by atoms with Gasteiger partial charge in [0.2, 0.25) is 0 Å². The molecule has 0 atom stereocenters. The molecule has 2 aromatic carbocycles. The zero-order valence-corrected chi connectivity index (χ0v) is 15.5. The summed E-state index contributed by atoms with van der Waals surface area (Å²) in [6, 6.07) is 15.7. The molecule has 0 aliphatic carbocycles. The van der Waals surface area contributed by atoms with Crippen LogP contribution in [0.3, 0.4) is 0 Å². The SMILES string of the molecule is COc1ccc(-c2cc(C(=O)NCc3ccc4c(c3)CNC4)c(C)o2)cc1. The molecule has 0 saturated carbocycles. The summed E-state index contributed by atoms with van der Waals surface area (Å²) in [5.41, 5.74) is 5.21. The first-order chi connectivity index (χ1) is 13.1. The summed E-state index contributed by atoms with van der Waals surface area (Å²) in [4.78, 5) is 12.6. The van der Waals surface area contributed by atoms with Gasteiger partial charge in [-0.1, -0.05) is 18.2 Å². The third-order valence-electron chi connectivity index (χ3n) is 4.89. The van der Waals surface area contributed by atoms with Crippen LogP contribution < -0.4 is 15.4 Å². The minimum Gasteiger partial charge on any atom is -0.497 e. The summed E-state index contributed by atoms with van der Waals surface area (Å²) in [6.45, 7) is 4.12. The minimum absolute atomic E-state index is 0.130. The van der Waals surface area contributed by atoms with Crippen molar-refractivity contribution in [2.24, 2.45) is 0 Å². The van der Waals surface area contributed by atoms with Gasteiger partial charge >= 0.3 is 0 Å². The van der Waals surface area contributed by atoms with Crippen LogP contribution in [0.5, 0.6) is 5.75 Å². The summed E-state index contributed by atoms with van der Waals surface area (Å²) >= 11 is 0. The number of fused-ring (bicyclic) bond motifs is 1. The Morgan fingerprint density at radius 1 is 1.11 bits per heavy atom. The number of hydrogen-bond acceptors (Lipinski definition) is 4. The van der Waals surface area contributed by atoms with Crippen molar-refractivity contribution in [2.75, 3.05) is 7.11 Å². The maximum atomic E-state index is 12.6. The van der Waals surface area contributed by atoms with Crippen LogP contribution >= 0.6 is 0 Å². The molecule has 0 fully saturated rings. The highest BCUT2D eigenvalue weighted by Crippen LogP contribution is 2.27. The Morgan fingerprint density at radius 2 is 1.89 bits per heavy atom. The average molecular weight is 362 g/mol. The number of aryl methyl sites for hydroxylation is 1. The van der Waals surface area contributed by atoms with Crippen molar-refractivity contribution in [1.29, 1.82) is 0 Å². The summed E-state index contributed by atoms with van der Waals surface area (Å²) < 4.78 is 11.0. The number of hydrogen-bond donors (Lipinski definition) is 2. The summed E-state index contributed by atoms with van der Waals surface area (Å²) in [7, 11) is 1.63. The van der Waals surface area contributed by atoms with Gasteiger partial charge in [-0.3, -0.25) is 4.79 Å². The molecule has 0 saturated heterocycles. The molecule has 2 N–H and O–H groups in total. The van der Waals surface area contributed by atoms with Crippen molar-refractivity contribution in [2.45, 2.75) is 26.6 Å². The van der Waals surface area contributed by atoms with Gasteiger partial charge in [0.1, 0.15) is 17.3 Å². The fourth-order valence-corrected chi connectivity index (χ4v) is 3.34. The van der Waals surface area contributed by atoms with Crippen LogP contribution in [0.4, 0.5) is 0 Å². The molecule has 1 amide bonds. The zero-order chi connectivity index (χ0) is 18.8. The molecule has 5 nitrogen and oxygen atoms in total. The summed E-state index contributed by atoms with van der Waals surface area (Å²) in [6.07, 6.45) is 0. The van der Waals surface area contributed by atoms with Crippen LogP contribution in [0.2, 0.25) is 0 Å². The first-order valence-electron chi connectivity index (χ1n) is 8.98. The second-order valence-electron chi connectivity index (χ2n) is 6.70. The molecule has 1 aliphatic rings. The number of methoxy groups -OCH3 is 1. The van der Waals surface area contributed by atoms with Gasteiger partial charge < -0.3 is 19.8 Å². The highest BCUT2D eigenvalue weighted by atomic mass is 16.5. The van der Waals surface area contributed by atoms with Crippen LogP contribution in [0, 0.1) is 6.92 Å². The Kier molecular flexibility index (Phi) is 4.69. The van der Waals surface area contributed by atoms with Crippen molar-refractivity contribution in [3.63, 3.8) is 0 Å². The number of rotatable bonds is 5. The van der Waals surface area contributed by atoms with Gasteiger partial charge in [0, 0.05) is 25.2 Å². The van der Waals surface area contributed by atoms with Gasteiger partial charge in [-0.15, -0.1) is 0 Å². The van der Waals surface area contributed by atoms with E-state index in [-0.39, 0.29) is 5.91 Å². The van der Waals surface area contributed by atoms with Gasteiger partial charge in [-0.05, 0) is 53.9 Å². The Morgan fingerprint density at radius 3 is 2.67 bits per heavy atom. The predicted molar refractivity (Wildman–Crippen MR) is 104 cm³/mol. The molecule has 5 heteroatoms. The second-order valence-corrected chi connectivity index (χ2v) is 6.70. The van der Waals surface area contributed by atoms with Gasteiger partial charge in [-0.25, -0.2) is 0 Å². The maximum absolute atomic E-state index is 12.6. The number of amides is 1. The number of benzene rings is 2. The van der Waals surface area contributed by atoms with E-state index in [1.165, 1.54) is 11.1 Å². The van der Waals surface area contributed by atoms with Crippen LogP contribution in [-0.4, -0.2) is 13.0 Å². The summed E-state index contributed by atoms with van der Waals surface area (Å²) in [5, 5.41) is 6.32. The van der Waals surface area contributed by atoms with E-state index in [0.717, 1.165) is 30.0 Å². The first-order valence-corrected chi connectivity index (χ1v) is 8.98. The first kappa shape index (κ1) is 17.4. The molecule has 138 valence electrons. The quantitative estimate of drug-likeness (QED) is 0.725. The van der Waals surface area contributed by atoms with Crippen molar-refractivity contribution in [3.05, 3.63) is 76.5 Å². The number of furan rings is 1. The van der Waals surface area contributed by atoms with Crippen LogP contribution in [0.15, 0.2) is 52.9 Å². The van der Waals surface area contributed by atoms with Gasteiger partial charge in [-0.2, -0.15) is 0 Å². The third-order valence-corrected chi connectivity index (χ3v) is 4.89. The van der Waals surface area contributed by atoms with Gasteiger partial charge in [0.25, 0.3) is 5.91 Å². The van der Waals surface area contributed by atoms with Crippen molar-refractivity contribution in [3.8, 4) is 17.1 Å². The van der Waals surface area contributed by atoms with E-state index < -0.39 is 0 Å². The lowest BCUT2D eigenvalue weighted by molar-refractivity contribution is 0.0949. The molecule has 0 bridgehead atoms. The van der Waals surface area contributed by atoms with Gasteiger partial charge in [0.15, 0.2) is 0 Å². The molecule has 1 aliphatic heterocycles. The van der Waals surface area contributed by atoms with Crippen molar-refractivity contribution in [1.82, 2.24) is 10.6 Å². The zero-order valence-electron chi connectivity index (χ0n) is 15.5. The molecule has 0 spiro atoms. The molecule has 0 unspecified atom stereocenters. The second kappa shape index (κ2) is 7.29. The largest absolute Gasteiger partial charge is 0.497 e. The predicted octanol–water partition coefficient (Wildman–Crippen LogP) is 3.80. The molecule has 3 aromatic rings. The fraction of sp³-hybridized carbons (Fsp3) is 0.227. The number of carbonyl (C=O) groups excluding carboxylic acids is 1. The monoisotopic (exact) mass is 362 g/mol. The molecule has 4 rings (SSSR count). The van der Waals surface area contributed by atoms with Crippen molar-refractivity contribution < 1.29 is 13.9 Å². The van der Waals surface area contributed by atoms with E-state index in [1.807, 2.05) is 31.2 Å². The Hall–Kier alpha value is -3.05. The van der Waals surface area contributed by atoms with Crippen LogP contribution in [0.25, 0.3) is 11.3 Å². The van der Waals surface area contributed by atoms with Crippen LogP contribution in [0.1, 0.15) is 32.8 Å². The van der Waals surface area contributed by atoms with E-state index in [1.54, 1.807) is 13.2 Å². The lowest BCUT2D eigenvalue weighted by Gasteiger charge is -2.06. The van der Waals surface area contributed by atoms with E-state index >= 15 is 0 Å². The van der Waals surface area contributed by atoms with Crippen LogP contribution in [-0.2, 0) is 19.6 Å². The molecule has 27 heavy (non-hydrogen) atoms. The molecule has 1 aromatic heterocycles. The molecular formula is C22H22N2O3. The number of ether oxygens (including phenoxy) is 1. The maximum Gasteiger partial charge on any atom is 0.255 e. The smallest absolute Gasteiger partial charge is 0.255 e. The lowest BCUT2D eigenvalue weighted by Crippen LogP contribution is -2.23. The van der Waals surface area contributed by atoms with E-state index in [2.05, 4.69) is 28.8 Å². The van der Waals surface area contributed by atoms with Crippen molar-refractivity contribution >= 4 is 5.91 Å². The lowest BCUT2D eigenvalue weighted by atomic mass is 10.1. The van der Waals surface area contributed by atoms with Gasteiger partial charge in [0.05, 0.1) is 12.7 Å². The minimum atomic E-state index is -0.130. The molecular weight excluding hydrogens is 340 g/mol. The summed E-state index contributed by atoms with van der Waals surface area (Å²) in [5.74, 6) is 1.93. The van der Waals surface area contributed by atoms with E-state index in [4.69, 9.17) is 9.15 Å². The fourth-order valence-electron chi connectivity index (χ4n) is 3.34. The highest BCUT2D eigenvalue weighted by molar-refractivity contribution is 5.96. The molecule has 2 heterocycles. The Balaban J connectivity index is 1.46.